The third kappa shape index (κ3) is 4.07. The van der Waals surface area contributed by atoms with Crippen LogP contribution in [0, 0.1) is 0 Å². The lowest BCUT2D eigenvalue weighted by Crippen LogP contribution is -2.25. The molecule has 1 aromatic heterocycles. The van der Waals surface area contributed by atoms with Crippen molar-refractivity contribution in [3.63, 3.8) is 0 Å². The molecule has 0 unspecified atom stereocenters. The minimum atomic E-state index is -0.234. The summed E-state index contributed by atoms with van der Waals surface area (Å²) in [6, 6.07) is 23.7. The Morgan fingerprint density at radius 1 is 0.933 bits per heavy atom. The predicted molar refractivity (Wildman–Crippen MR) is 115 cm³/mol. The van der Waals surface area contributed by atoms with Gasteiger partial charge in [-0.2, -0.15) is 0 Å². The maximum atomic E-state index is 12.8. The van der Waals surface area contributed by atoms with Crippen molar-refractivity contribution in [2.24, 2.45) is 0 Å². The molecule has 0 aliphatic carbocycles. The average molecular weight is 399 g/mol. The molecule has 30 heavy (non-hydrogen) atoms. The molecule has 0 spiro atoms. The number of hydrogen-bond acceptors (Lipinski definition) is 4. The van der Waals surface area contributed by atoms with E-state index in [9.17, 15) is 9.59 Å². The lowest BCUT2D eigenvalue weighted by molar-refractivity contribution is 0.0949. The first-order valence-electron chi connectivity index (χ1n) is 9.60. The molecule has 4 aromatic rings. The fourth-order valence-electron chi connectivity index (χ4n) is 3.32. The molecule has 1 N–H and O–H groups in total. The molecule has 0 aliphatic rings. The molecule has 0 saturated heterocycles. The second-order valence-electron chi connectivity index (χ2n) is 6.81. The van der Waals surface area contributed by atoms with E-state index in [0.717, 1.165) is 11.0 Å². The van der Waals surface area contributed by atoms with Gasteiger partial charge in [0.2, 0.25) is 0 Å². The molecular weight excluding hydrogens is 378 g/mol. The Hall–Kier alpha value is -3.93. The van der Waals surface area contributed by atoms with Crippen molar-refractivity contribution in [1.29, 1.82) is 0 Å². The van der Waals surface area contributed by atoms with Crippen LogP contribution in [-0.2, 0) is 13.1 Å². The minimum Gasteiger partial charge on any atom is -0.497 e. The van der Waals surface area contributed by atoms with Crippen molar-refractivity contribution >= 4 is 22.7 Å². The second kappa shape index (κ2) is 8.61. The fourth-order valence-corrected chi connectivity index (χ4v) is 3.32. The topological polar surface area (TPSA) is 73.2 Å². The van der Waals surface area contributed by atoms with Gasteiger partial charge in [0.1, 0.15) is 11.6 Å². The SMILES string of the molecule is COc1cccc(C(=O)NCc2nc3ccccc3n2CC(=O)c2ccccc2)c1. The fraction of sp³-hybridized carbons (Fsp3) is 0.125. The van der Waals surface area contributed by atoms with Gasteiger partial charge < -0.3 is 14.6 Å². The Bertz CT molecular complexity index is 1200. The predicted octanol–water partition coefficient (Wildman–Crippen LogP) is 3.86. The number of nitrogens with one attached hydrogen (secondary N) is 1. The number of rotatable bonds is 7. The summed E-state index contributed by atoms with van der Waals surface area (Å²) in [6.45, 7) is 0.349. The number of imidazole rings is 1. The number of para-hydroxylation sites is 2. The van der Waals surface area contributed by atoms with Crippen LogP contribution in [0.15, 0.2) is 78.9 Å². The number of fused-ring (bicyclic) bond motifs is 1. The highest BCUT2D eigenvalue weighted by molar-refractivity contribution is 5.97. The molecule has 0 fully saturated rings. The van der Waals surface area contributed by atoms with Crippen molar-refractivity contribution in [2.45, 2.75) is 13.1 Å². The summed E-state index contributed by atoms with van der Waals surface area (Å²) in [6.07, 6.45) is 0. The summed E-state index contributed by atoms with van der Waals surface area (Å²) in [5.74, 6) is 0.987. The van der Waals surface area contributed by atoms with Crippen LogP contribution in [0.25, 0.3) is 11.0 Å². The molecule has 0 aliphatic heterocycles. The number of nitrogens with zero attached hydrogens (tertiary/aromatic N) is 2. The van der Waals surface area contributed by atoms with Gasteiger partial charge in [-0.05, 0) is 30.3 Å². The van der Waals surface area contributed by atoms with Gasteiger partial charge in [0.05, 0.1) is 31.2 Å². The van der Waals surface area contributed by atoms with Crippen molar-refractivity contribution in [1.82, 2.24) is 14.9 Å². The molecule has 1 heterocycles. The van der Waals surface area contributed by atoms with Gasteiger partial charge in [0.15, 0.2) is 5.78 Å². The number of benzene rings is 3. The molecule has 6 heteroatoms. The smallest absolute Gasteiger partial charge is 0.251 e. The Morgan fingerprint density at radius 2 is 1.67 bits per heavy atom. The van der Waals surface area contributed by atoms with Gasteiger partial charge in [-0.1, -0.05) is 48.5 Å². The molecule has 3 aromatic carbocycles. The minimum absolute atomic E-state index is 0.0147. The highest BCUT2D eigenvalue weighted by Crippen LogP contribution is 2.18. The Morgan fingerprint density at radius 3 is 2.47 bits per heavy atom. The quantitative estimate of drug-likeness (QED) is 0.479. The zero-order chi connectivity index (χ0) is 20.9. The molecule has 6 nitrogen and oxygen atoms in total. The first-order valence-corrected chi connectivity index (χ1v) is 9.60. The standard InChI is InChI=1S/C24H21N3O3/c1-30-19-11-7-10-18(14-19)24(29)25-15-23-26-20-12-5-6-13-21(20)27(23)16-22(28)17-8-3-2-4-9-17/h2-14H,15-16H2,1H3,(H,25,29). The van der Waals surface area contributed by atoms with Crippen LogP contribution in [0.3, 0.4) is 0 Å². The molecule has 0 atom stereocenters. The number of ketones is 1. The number of aromatic nitrogens is 2. The van der Waals surface area contributed by atoms with Gasteiger partial charge in [-0.25, -0.2) is 4.98 Å². The van der Waals surface area contributed by atoms with Crippen LogP contribution in [-0.4, -0.2) is 28.4 Å². The number of hydrogen-bond donors (Lipinski definition) is 1. The summed E-state index contributed by atoms with van der Waals surface area (Å²) in [4.78, 5) is 30.0. The van der Waals surface area contributed by atoms with E-state index in [0.29, 0.717) is 22.7 Å². The zero-order valence-electron chi connectivity index (χ0n) is 16.5. The molecule has 0 saturated carbocycles. The van der Waals surface area contributed by atoms with Crippen molar-refractivity contribution < 1.29 is 14.3 Å². The Labute approximate surface area is 174 Å². The van der Waals surface area contributed by atoms with E-state index >= 15 is 0 Å². The molecule has 0 bridgehead atoms. The third-order valence-corrected chi connectivity index (χ3v) is 4.87. The lowest BCUT2D eigenvalue weighted by Gasteiger charge is -2.10. The average Bonchev–Trinajstić information content (AvgIpc) is 3.15. The van der Waals surface area contributed by atoms with Gasteiger partial charge in [-0.3, -0.25) is 9.59 Å². The Balaban J connectivity index is 1.58. The molecule has 1 amide bonds. The number of Topliss-reactive ketones (excluding diaryl/α,β-unsaturated/α-hetero) is 1. The van der Waals surface area contributed by atoms with E-state index in [-0.39, 0.29) is 24.8 Å². The number of amides is 1. The first kappa shape index (κ1) is 19.4. The number of ether oxygens (including phenoxy) is 1. The highest BCUT2D eigenvalue weighted by atomic mass is 16.5. The van der Waals surface area contributed by atoms with Crippen molar-refractivity contribution in [3.8, 4) is 5.75 Å². The van der Waals surface area contributed by atoms with Gasteiger partial charge >= 0.3 is 0 Å². The summed E-state index contributed by atoms with van der Waals surface area (Å²) in [5, 5.41) is 2.89. The third-order valence-electron chi connectivity index (χ3n) is 4.87. The summed E-state index contributed by atoms with van der Waals surface area (Å²) < 4.78 is 7.04. The normalized spacial score (nSPS) is 10.7. The summed E-state index contributed by atoms with van der Waals surface area (Å²) >= 11 is 0. The molecule has 0 radical (unpaired) electrons. The zero-order valence-corrected chi connectivity index (χ0v) is 16.5. The van der Waals surface area contributed by atoms with Crippen LogP contribution < -0.4 is 10.1 Å². The lowest BCUT2D eigenvalue weighted by atomic mass is 10.1. The highest BCUT2D eigenvalue weighted by Gasteiger charge is 2.16. The Kier molecular flexibility index (Phi) is 5.57. The monoisotopic (exact) mass is 399 g/mol. The first-order chi connectivity index (χ1) is 14.7. The number of carbonyl (C=O) groups excluding carboxylic acids is 2. The van der Waals surface area contributed by atoms with E-state index in [1.807, 2.05) is 47.0 Å². The number of methoxy groups -OCH3 is 1. The molecule has 4 rings (SSSR count). The second-order valence-corrected chi connectivity index (χ2v) is 6.81. The summed E-state index contributed by atoms with van der Waals surface area (Å²) in [5.41, 5.74) is 2.77. The largest absolute Gasteiger partial charge is 0.497 e. The molecule has 150 valence electrons. The van der Waals surface area contributed by atoms with E-state index in [1.54, 1.807) is 43.5 Å². The van der Waals surface area contributed by atoms with Gasteiger partial charge in [-0.15, -0.1) is 0 Å². The molecular formula is C24H21N3O3. The summed E-state index contributed by atoms with van der Waals surface area (Å²) in [7, 11) is 1.56. The van der Waals surface area contributed by atoms with Gasteiger partial charge in [0.25, 0.3) is 5.91 Å². The number of carbonyl (C=O) groups is 2. The van der Waals surface area contributed by atoms with Crippen LogP contribution in [0.4, 0.5) is 0 Å². The van der Waals surface area contributed by atoms with E-state index < -0.39 is 0 Å². The van der Waals surface area contributed by atoms with Crippen LogP contribution >= 0.6 is 0 Å². The van der Waals surface area contributed by atoms with Crippen molar-refractivity contribution in [2.75, 3.05) is 7.11 Å². The van der Waals surface area contributed by atoms with Crippen LogP contribution in [0.5, 0.6) is 5.75 Å². The maximum Gasteiger partial charge on any atom is 0.251 e. The van der Waals surface area contributed by atoms with Gasteiger partial charge in [0, 0.05) is 11.1 Å². The van der Waals surface area contributed by atoms with E-state index in [2.05, 4.69) is 10.3 Å². The van der Waals surface area contributed by atoms with Crippen LogP contribution in [0.2, 0.25) is 0 Å². The van der Waals surface area contributed by atoms with E-state index in [1.165, 1.54) is 0 Å². The van der Waals surface area contributed by atoms with E-state index in [4.69, 9.17) is 4.74 Å². The maximum absolute atomic E-state index is 12.8. The van der Waals surface area contributed by atoms with Crippen LogP contribution in [0.1, 0.15) is 26.5 Å². The van der Waals surface area contributed by atoms with Crippen molar-refractivity contribution in [3.05, 3.63) is 95.8 Å².